The minimum absolute atomic E-state index is 0.0921. The van der Waals surface area contributed by atoms with Crippen molar-refractivity contribution in [2.45, 2.75) is 24.8 Å². The van der Waals surface area contributed by atoms with Gasteiger partial charge < -0.3 is 14.2 Å². The highest BCUT2D eigenvalue weighted by molar-refractivity contribution is 7.98. The normalized spacial score (nSPS) is 10.4. The summed E-state index contributed by atoms with van der Waals surface area (Å²) in [5, 5.41) is 0. The summed E-state index contributed by atoms with van der Waals surface area (Å²) < 4.78 is 42.9. The number of benzene rings is 2. The smallest absolute Gasteiger partial charge is 0.486 e. The minimum atomic E-state index is -0.871. The zero-order chi connectivity index (χ0) is 18.4. The van der Waals surface area contributed by atoms with Crippen molar-refractivity contribution in [3.05, 3.63) is 53.1 Å². The fraction of sp³-hybridized carbons (Fsp3) is 0.278. The molecule has 0 aliphatic heterocycles. The average molecular weight is 368 g/mol. The number of halogens is 2. The van der Waals surface area contributed by atoms with Crippen molar-refractivity contribution in [3.8, 4) is 11.5 Å². The molecule has 0 aromatic heterocycles. The summed E-state index contributed by atoms with van der Waals surface area (Å²) >= 11 is 1.41. The third-order valence-corrected chi connectivity index (χ3v) is 4.35. The molecule has 134 valence electrons. The molecular weight excluding hydrogens is 350 g/mol. The number of carbonyl (C=O) groups excluding carboxylic acids is 1. The second-order valence-electron chi connectivity index (χ2n) is 5.01. The number of aryl methyl sites for hydroxylation is 1. The van der Waals surface area contributed by atoms with Crippen LogP contribution in [0.3, 0.4) is 0 Å². The first-order chi connectivity index (χ1) is 12.0. The van der Waals surface area contributed by atoms with E-state index in [-0.39, 0.29) is 23.7 Å². The van der Waals surface area contributed by atoms with Gasteiger partial charge >= 0.3 is 6.16 Å². The average Bonchev–Trinajstić information content (AvgIpc) is 2.62. The number of methoxy groups -OCH3 is 1. The van der Waals surface area contributed by atoms with E-state index in [9.17, 15) is 13.6 Å². The third-order valence-electron chi connectivity index (χ3n) is 3.52. The van der Waals surface area contributed by atoms with E-state index in [0.29, 0.717) is 12.0 Å². The van der Waals surface area contributed by atoms with Crippen LogP contribution < -0.4 is 9.47 Å². The van der Waals surface area contributed by atoms with Crippen molar-refractivity contribution in [1.29, 1.82) is 0 Å². The highest BCUT2D eigenvalue weighted by Gasteiger charge is 2.16. The molecule has 0 unspecified atom stereocenters. The molecule has 0 saturated carbocycles. The molecule has 2 rings (SSSR count). The molecule has 2 aromatic carbocycles. The lowest BCUT2D eigenvalue weighted by atomic mass is 10.1. The van der Waals surface area contributed by atoms with Crippen LogP contribution in [0.25, 0.3) is 0 Å². The van der Waals surface area contributed by atoms with Crippen molar-refractivity contribution >= 4 is 17.9 Å². The molecule has 0 radical (unpaired) electrons. The number of ether oxygens (including phenoxy) is 3. The molecule has 0 spiro atoms. The Morgan fingerprint density at radius 3 is 2.56 bits per heavy atom. The largest absolute Gasteiger partial charge is 0.513 e. The molecule has 4 nitrogen and oxygen atoms in total. The SMILES string of the molecule is CCc1cc(F)c(OCc2c(OC(=O)OC)cccc2SC)cc1F. The van der Waals surface area contributed by atoms with Crippen LogP contribution in [0.1, 0.15) is 18.1 Å². The van der Waals surface area contributed by atoms with E-state index in [2.05, 4.69) is 4.74 Å². The van der Waals surface area contributed by atoms with Crippen LogP contribution in [-0.2, 0) is 17.8 Å². The monoisotopic (exact) mass is 368 g/mol. The Bertz CT molecular complexity index is 765. The van der Waals surface area contributed by atoms with Gasteiger partial charge in [-0.05, 0) is 36.4 Å². The molecule has 2 aromatic rings. The molecule has 0 atom stereocenters. The standard InChI is InChI=1S/C18H18F2O4S/c1-4-11-8-14(20)16(9-13(11)19)23-10-12-15(24-18(21)22-2)6-5-7-17(12)25-3/h5-9H,4,10H2,1-3H3. The molecule has 0 aliphatic carbocycles. The maximum Gasteiger partial charge on any atom is 0.513 e. The molecule has 0 bridgehead atoms. The van der Waals surface area contributed by atoms with Crippen molar-refractivity contribution < 1.29 is 27.8 Å². The van der Waals surface area contributed by atoms with Gasteiger partial charge in [0.05, 0.1) is 7.11 Å². The Kier molecular flexibility index (Phi) is 6.64. The Hall–Kier alpha value is -2.28. The van der Waals surface area contributed by atoms with Crippen LogP contribution in [0.5, 0.6) is 11.5 Å². The first-order valence-electron chi connectivity index (χ1n) is 7.52. The lowest BCUT2D eigenvalue weighted by Gasteiger charge is -2.15. The van der Waals surface area contributed by atoms with Gasteiger partial charge in [-0.3, -0.25) is 0 Å². The van der Waals surface area contributed by atoms with Crippen molar-refractivity contribution in [2.75, 3.05) is 13.4 Å². The highest BCUT2D eigenvalue weighted by atomic mass is 32.2. The molecule has 0 saturated heterocycles. The van der Waals surface area contributed by atoms with E-state index in [4.69, 9.17) is 9.47 Å². The molecule has 0 amide bonds. The Morgan fingerprint density at radius 1 is 1.16 bits per heavy atom. The molecule has 0 aliphatic rings. The Balaban J connectivity index is 2.28. The maximum atomic E-state index is 14.1. The van der Waals surface area contributed by atoms with Crippen molar-refractivity contribution in [3.63, 3.8) is 0 Å². The predicted octanol–water partition coefficient (Wildman–Crippen LogP) is 4.97. The van der Waals surface area contributed by atoms with Gasteiger partial charge in [0, 0.05) is 16.5 Å². The van der Waals surface area contributed by atoms with Gasteiger partial charge in [-0.25, -0.2) is 13.6 Å². The first-order valence-corrected chi connectivity index (χ1v) is 8.75. The summed E-state index contributed by atoms with van der Waals surface area (Å²) in [5.74, 6) is -1.13. The molecular formula is C18H18F2O4S. The summed E-state index contributed by atoms with van der Waals surface area (Å²) in [4.78, 5) is 12.2. The van der Waals surface area contributed by atoms with Crippen molar-refractivity contribution in [1.82, 2.24) is 0 Å². The Morgan fingerprint density at radius 2 is 1.92 bits per heavy atom. The topological polar surface area (TPSA) is 44.8 Å². The van der Waals surface area contributed by atoms with Gasteiger partial charge in [0.2, 0.25) is 0 Å². The van der Waals surface area contributed by atoms with E-state index >= 15 is 0 Å². The number of hydrogen-bond donors (Lipinski definition) is 0. The summed E-state index contributed by atoms with van der Waals surface area (Å²) in [7, 11) is 1.20. The second kappa shape index (κ2) is 8.71. The second-order valence-corrected chi connectivity index (χ2v) is 5.86. The highest BCUT2D eigenvalue weighted by Crippen LogP contribution is 2.31. The number of carbonyl (C=O) groups is 1. The van der Waals surface area contributed by atoms with Gasteiger partial charge in [-0.2, -0.15) is 0 Å². The molecule has 0 fully saturated rings. The lowest BCUT2D eigenvalue weighted by Crippen LogP contribution is -2.10. The lowest BCUT2D eigenvalue weighted by molar-refractivity contribution is 0.120. The molecule has 25 heavy (non-hydrogen) atoms. The van der Waals surface area contributed by atoms with Crippen LogP contribution in [0.2, 0.25) is 0 Å². The first kappa shape index (κ1) is 19.1. The fourth-order valence-corrected chi connectivity index (χ4v) is 2.83. The van der Waals surface area contributed by atoms with Crippen LogP contribution >= 0.6 is 11.8 Å². The number of rotatable bonds is 6. The van der Waals surface area contributed by atoms with Gasteiger partial charge in [-0.15, -0.1) is 11.8 Å². The zero-order valence-electron chi connectivity index (χ0n) is 14.1. The zero-order valence-corrected chi connectivity index (χ0v) is 14.9. The van der Waals surface area contributed by atoms with Crippen molar-refractivity contribution in [2.24, 2.45) is 0 Å². The summed E-state index contributed by atoms with van der Waals surface area (Å²) in [6.45, 7) is 1.65. The van der Waals surface area contributed by atoms with Gasteiger partial charge in [0.1, 0.15) is 18.2 Å². The van der Waals surface area contributed by atoms with Gasteiger partial charge in [0.15, 0.2) is 11.6 Å². The molecule has 7 heteroatoms. The summed E-state index contributed by atoms with van der Waals surface area (Å²) in [6, 6.07) is 7.24. The van der Waals surface area contributed by atoms with E-state index in [0.717, 1.165) is 17.0 Å². The predicted molar refractivity (Wildman–Crippen MR) is 91.3 cm³/mol. The number of thioether (sulfide) groups is 1. The van der Waals surface area contributed by atoms with Crippen LogP contribution in [0, 0.1) is 11.6 Å². The van der Waals surface area contributed by atoms with Crippen LogP contribution in [0.15, 0.2) is 35.2 Å². The van der Waals surface area contributed by atoms with Gasteiger partial charge in [0.25, 0.3) is 0 Å². The quantitative estimate of drug-likeness (QED) is 0.409. The minimum Gasteiger partial charge on any atom is -0.486 e. The van der Waals surface area contributed by atoms with E-state index in [1.807, 2.05) is 12.3 Å². The van der Waals surface area contributed by atoms with Crippen LogP contribution in [-0.4, -0.2) is 19.5 Å². The van der Waals surface area contributed by atoms with E-state index in [1.54, 1.807) is 19.1 Å². The summed E-state index contributed by atoms with van der Waals surface area (Å²) in [5.41, 5.74) is 0.823. The Labute approximate surface area is 149 Å². The summed E-state index contributed by atoms with van der Waals surface area (Å²) in [6.07, 6.45) is 1.36. The number of hydrogen-bond acceptors (Lipinski definition) is 5. The molecule has 0 N–H and O–H groups in total. The van der Waals surface area contributed by atoms with Gasteiger partial charge in [-0.1, -0.05) is 13.0 Å². The maximum absolute atomic E-state index is 14.1. The van der Waals surface area contributed by atoms with E-state index < -0.39 is 17.8 Å². The van der Waals surface area contributed by atoms with E-state index in [1.165, 1.54) is 18.9 Å². The van der Waals surface area contributed by atoms with Crippen LogP contribution in [0.4, 0.5) is 13.6 Å². The fourth-order valence-electron chi connectivity index (χ4n) is 2.21. The third kappa shape index (κ3) is 4.63. The molecule has 0 heterocycles.